The van der Waals surface area contributed by atoms with E-state index in [1.165, 1.54) is 28.9 Å². The maximum Gasteiger partial charge on any atom is 0.185 e. The highest BCUT2D eigenvalue weighted by Crippen LogP contribution is 2.21. The Labute approximate surface area is 189 Å². The van der Waals surface area contributed by atoms with E-state index in [9.17, 15) is 9.59 Å². The summed E-state index contributed by atoms with van der Waals surface area (Å²) < 4.78 is 5.72. The number of allylic oxidation sites excluding steroid dienone is 11. The fourth-order valence-electron chi connectivity index (χ4n) is 3.37. The minimum atomic E-state index is -0.230. The van der Waals surface area contributed by atoms with Crippen LogP contribution in [0.15, 0.2) is 70.4 Å². The van der Waals surface area contributed by atoms with E-state index in [0.717, 1.165) is 32.1 Å². The van der Waals surface area contributed by atoms with E-state index in [2.05, 4.69) is 65.0 Å². The van der Waals surface area contributed by atoms with Crippen molar-refractivity contribution in [3.05, 3.63) is 70.4 Å². The Balaban J connectivity index is 2.48. The van der Waals surface area contributed by atoms with Gasteiger partial charge >= 0.3 is 0 Å². The number of methoxy groups -OCH3 is 1. The van der Waals surface area contributed by atoms with Gasteiger partial charge < -0.3 is 4.74 Å². The third-order valence-corrected chi connectivity index (χ3v) is 5.60. The van der Waals surface area contributed by atoms with Crippen molar-refractivity contribution in [2.75, 3.05) is 7.11 Å². The van der Waals surface area contributed by atoms with Gasteiger partial charge in [0.1, 0.15) is 0 Å². The average molecular weight is 425 g/mol. The van der Waals surface area contributed by atoms with Crippen LogP contribution in [-0.2, 0) is 14.3 Å². The molecule has 3 nitrogen and oxygen atoms in total. The highest BCUT2D eigenvalue weighted by molar-refractivity contribution is 6.20. The summed E-state index contributed by atoms with van der Waals surface area (Å²) in [5, 5.41) is 0. The number of ketones is 2. The molecule has 0 fully saturated rings. The van der Waals surface area contributed by atoms with Crippen LogP contribution in [0.25, 0.3) is 0 Å². The van der Waals surface area contributed by atoms with Crippen molar-refractivity contribution in [1.29, 1.82) is 0 Å². The molecule has 0 aromatic carbocycles. The van der Waals surface area contributed by atoms with Gasteiger partial charge in [-0.25, -0.2) is 0 Å². The number of hydrogen-bond acceptors (Lipinski definition) is 3. The Morgan fingerprint density at radius 3 is 2.35 bits per heavy atom. The molecular weight excluding hydrogens is 384 g/mol. The summed E-state index contributed by atoms with van der Waals surface area (Å²) in [6, 6.07) is 0. The number of ether oxygens (including phenoxy) is 1. The molecule has 1 aliphatic rings. The number of hydrogen-bond donors (Lipinski definition) is 0. The summed E-state index contributed by atoms with van der Waals surface area (Å²) in [5.74, 6) is -0.110. The number of rotatable bonds is 12. The van der Waals surface area contributed by atoms with Crippen LogP contribution in [0.3, 0.4) is 0 Å². The molecule has 0 saturated heterocycles. The first kappa shape index (κ1) is 26.8. The third-order valence-electron chi connectivity index (χ3n) is 5.60. The van der Waals surface area contributed by atoms with Crippen LogP contribution >= 0.6 is 0 Å². The lowest BCUT2D eigenvalue weighted by atomic mass is 9.94. The average Bonchev–Trinajstić information content (AvgIpc) is 2.69. The van der Waals surface area contributed by atoms with Crippen LogP contribution in [-0.4, -0.2) is 24.3 Å². The van der Waals surface area contributed by atoms with E-state index in [1.807, 2.05) is 0 Å². The highest BCUT2D eigenvalue weighted by Gasteiger charge is 2.18. The molecule has 0 amide bonds. The van der Waals surface area contributed by atoms with E-state index < -0.39 is 0 Å². The van der Waals surface area contributed by atoms with Crippen molar-refractivity contribution in [3.63, 3.8) is 0 Å². The molecular formula is C28H40O3. The lowest BCUT2D eigenvalue weighted by molar-refractivity contribution is -0.115. The van der Waals surface area contributed by atoms with Gasteiger partial charge in [0.2, 0.25) is 0 Å². The lowest BCUT2D eigenvalue weighted by Crippen LogP contribution is -2.23. The van der Waals surface area contributed by atoms with Gasteiger partial charge in [-0.05, 0) is 92.2 Å². The van der Waals surface area contributed by atoms with E-state index in [-0.39, 0.29) is 17.2 Å². The zero-order chi connectivity index (χ0) is 23.4. The SMILES string of the molecule is COC(C)(C=CCC(C)=CCCC(C)=CCC1=CC(=O)C=C(C)C1=O)CCC=C(C)C. The summed E-state index contributed by atoms with van der Waals surface area (Å²) in [6.45, 7) is 12.3. The van der Waals surface area contributed by atoms with Crippen molar-refractivity contribution in [3.8, 4) is 0 Å². The number of carbonyl (C=O) groups is 2. The standard InChI is InChI=1S/C28H40O3/c1-21(2)11-9-17-28(6,31-7)18-10-14-22(3)12-8-13-23(4)15-16-25-20-26(29)19-24(5)27(25)30/h10-12,15,18-20H,8-9,13-14,16-17H2,1-7H3. The topological polar surface area (TPSA) is 43.4 Å². The van der Waals surface area contributed by atoms with Crippen LogP contribution in [0.4, 0.5) is 0 Å². The molecule has 0 spiro atoms. The van der Waals surface area contributed by atoms with Gasteiger partial charge in [0.25, 0.3) is 0 Å². The Bertz CT molecular complexity index is 826. The quantitative estimate of drug-likeness (QED) is 0.246. The predicted molar refractivity (Wildman–Crippen MR) is 131 cm³/mol. The first-order valence-corrected chi connectivity index (χ1v) is 11.2. The van der Waals surface area contributed by atoms with Crippen LogP contribution in [0, 0.1) is 0 Å². The second kappa shape index (κ2) is 13.2. The molecule has 1 aliphatic carbocycles. The maximum absolute atomic E-state index is 12.1. The molecule has 1 rings (SSSR count). The maximum atomic E-state index is 12.1. The fraction of sp³-hybridized carbons (Fsp3) is 0.500. The number of carbonyl (C=O) groups excluding carboxylic acids is 2. The first-order chi connectivity index (χ1) is 14.6. The van der Waals surface area contributed by atoms with E-state index in [0.29, 0.717) is 17.6 Å². The van der Waals surface area contributed by atoms with Gasteiger partial charge in [-0.15, -0.1) is 0 Å². The molecule has 0 radical (unpaired) electrons. The first-order valence-electron chi connectivity index (χ1n) is 11.2. The Morgan fingerprint density at radius 2 is 1.71 bits per heavy atom. The minimum Gasteiger partial charge on any atom is -0.374 e. The smallest absolute Gasteiger partial charge is 0.185 e. The van der Waals surface area contributed by atoms with Gasteiger partial charge in [0, 0.05) is 18.3 Å². The second-order valence-corrected chi connectivity index (χ2v) is 9.02. The monoisotopic (exact) mass is 424 g/mol. The minimum absolute atomic E-state index is 0.0184. The normalized spacial score (nSPS) is 17.5. The molecule has 0 bridgehead atoms. The molecule has 0 saturated carbocycles. The molecule has 1 unspecified atom stereocenters. The van der Waals surface area contributed by atoms with Crippen molar-refractivity contribution in [2.45, 2.75) is 85.7 Å². The summed E-state index contributed by atoms with van der Waals surface area (Å²) in [7, 11) is 1.77. The summed E-state index contributed by atoms with van der Waals surface area (Å²) in [4.78, 5) is 23.7. The van der Waals surface area contributed by atoms with E-state index in [1.54, 1.807) is 14.0 Å². The Kier molecular flexibility index (Phi) is 11.4. The van der Waals surface area contributed by atoms with Crippen LogP contribution in [0.5, 0.6) is 0 Å². The van der Waals surface area contributed by atoms with Gasteiger partial charge in [-0.3, -0.25) is 9.59 Å². The molecule has 0 aromatic heterocycles. The summed E-state index contributed by atoms with van der Waals surface area (Å²) >= 11 is 0. The molecule has 1 atom stereocenters. The van der Waals surface area contributed by atoms with Gasteiger partial charge in [0.05, 0.1) is 5.60 Å². The Morgan fingerprint density at radius 1 is 1.00 bits per heavy atom. The zero-order valence-corrected chi connectivity index (χ0v) is 20.5. The number of Topliss-reactive ketones (excluding diaryl/α,β-unsaturated/α-hetero) is 1. The molecule has 0 heterocycles. The van der Waals surface area contributed by atoms with Gasteiger partial charge in [0.15, 0.2) is 11.6 Å². The Hall–Kier alpha value is -2.26. The summed E-state index contributed by atoms with van der Waals surface area (Å²) in [5.41, 5.74) is 4.80. The van der Waals surface area contributed by atoms with Crippen LogP contribution in [0.1, 0.15) is 80.1 Å². The molecule has 0 N–H and O–H groups in total. The van der Waals surface area contributed by atoms with Crippen molar-refractivity contribution >= 4 is 11.6 Å². The molecule has 0 aliphatic heterocycles. The lowest BCUT2D eigenvalue weighted by Gasteiger charge is -2.24. The summed E-state index contributed by atoms with van der Waals surface area (Å²) in [6.07, 6.45) is 19.2. The van der Waals surface area contributed by atoms with Crippen LogP contribution in [0.2, 0.25) is 0 Å². The molecule has 31 heavy (non-hydrogen) atoms. The zero-order valence-electron chi connectivity index (χ0n) is 20.5. The molecule has 3 heteroatoms. The van der Waals surface area contributed by atoms with Crippen molar-refractivity contribution in [2.24, 2.45) is 0 Å². The third kappa shape index (κ3) is 10.5. The van der Waals surface area contributed by atoms with Crippen molar-refractivity contribution < 1.29 is 14.3 Å². The highest BCUT2D eigenvalue weighted by atomic mass is 16.5. The molecule has 170 valence electrons. The van der Waals surface area contributed by atoms with Crippen molar-refractivity contribution in [1.82, 2.24) is 0 Å². The molecule has 0 aromatic rings. The predicted octanol–water partition coefficient (Wildman–Crippen LogP) is 7.17. The largest absolute Gasteiger partial charge is 0.374 e. The van der Waals surface area contributed by atoms with Gasteiger partial charge in [-0.2, -0.15) is 0 Å². The van der Waals surface area contributed by atoms with E-state index >= 15 is 0 Å². The second-order valence-electron chi connectivity index (χ2n) is 9.02. The van der Waals surface area contributed by atoms with Gasteiger partial charge in [-0.1, -0.05) is 47.1 Å². The van der Waals surface area contributed by atoms with E-state index in [4.69, 9.17) is 4.74 Å². The fourth-order valence-corrected chi connectivity index (χ4v) is 3.37. The van der Waals surface area contributed by atoms with Crippen LogP contribution < -0.4 is 0 Å².